The van der Waals surface area contributed by atoms with Crippen molar-refractivity contribution in [3.05, 3.63) is 27.1 Å². The lowest BCUT2D eigenvalue weighted by atomic mass is 10.2. The monoisotopic (exact) mass is 364 g/mol. The van der Waals surface area contributed by atoms with Gasteiger partial charge in [-0.05, 0) is 52.3 Å². The highest BCUT2D eigenvalue weighted by atomic mass is 79.9. The minimum absolute atomic E-state index is 0.222. The number of hydrogen-bond acceptors (Lipinski definition) is 1. The van der Waals surface area contributed by atoms with E-state index in [0.29, 0.717) is 0 Å². The van der Waals surface area contributed by atoms with Crippen molar-refractivity contribution in [2.75, 3.05) is 0 Å². The Labute approximate surface area is 116 Å². The van der Waals surface area contributed by atoms with Gasteiger partial charge in [-0.2, -0.15) is 0 Å². The third-order valence-electron chi connectivity index (χ3n) is 3.07. The maximum atomic E-state index is 6.22. The molecular formula is C12H18Br2OSi. The second kappa shape index (κ2) is 4.82. The third-order valence-corrected chi connectivity index (χ3v) is 8.52. The minimum atomic E-state index is -1.74. The molecule has 0 aliphatic carbocycles. The van der Waals surface area contributed by atoms with Crippen molar-refractivity contribution in [1.82, 2.24) is 0 Å². The van der Waals surface area contributed by atoms with Crippen LogP contribution < -0.4 is 4.43 Å². The molecule has 16 heavy (non-hydrogen) atoms. The summed E-state index contributed by atoms with van der Waals surface area (Å²) >= 11 is 6.97. The Hall–Kier alpha value is 0.197. The minimum Gasteiger partial charge on any atom is -0.543 e. The second-order valence-electron chi connectivity index (χ2n) is 5.44. The van der Waals surface area contributed by atoms with Crippen LogP contribution in [0.25, 0.3) is 0 Å². The summed E-state index contributed by atoms with van der Waals surface area (Å²) in [4.78, 5) is 0. The molecule has 90 valence electrons. The Kier molecular flexibility index (Phi) is 4.30. The van der Waals surface area contributed by atoms with Gasteiger partial charge in [0.2, 0.25) is 0 Å². The molecule has 1 aromatic carbocycles. The van der Waals surface area contributed by atoms with Gasteiger partial charge in [-0.1, -0.05) is 36.7 Å². The average Bonchev–Trinajstić information content (AvgIpc) is 2.08. The molecule has 0 aliphatic heterocycles. The summed E-state index contributed by atoms with van der Waals surface area (Å²) in [5.41, 5.74) is 0. The maximum absolute atomic E-state index is 6.22. The van der Waals surface area contributed by atoms with Crippen molar-refractivity contribution in [1.29, 1.82) is 0 Å². The van der Waals surface area contributed by atoms with Gasteiger partial charge < -0.3 is 4.43 Å². The second-order valence-corrected chi connectivity index (χ2v) is 11.9. The molecule has 1 aromatic rings. The highest BCUT2D eigenvalue weighted by molar-refractivity contribution is 9.11. The van der Waals surface area contributed by atoms with Gasteiger partial charge in [-0.25, -0.2) is 0 Å². The van der Waals surface area contributed by atoms with Crippen LogP contribution in [0, 0.1) is 0 Å². The molecule has 0 fully saturated rings. The predicted molar refractivity (Wildman–Crippen MR) is 79.7 cm³/mol. The van der Waals surface area contributed by atoms with Crippen LogP contribution in [0.15, 0.2) is 27.1 Å². The summed E-state index contributed by atoms with van der Waals surface area (Å²) in [7, 11) is -1.74. The first kappa shape index (κ1) is 14.3. The zero-order valence-electron chi connectivity index (χ0n) is 10.4. The van der Waals surface area contributed by atoms with Crippen LogP contribution in [0.5, 0.6) is 5.75 Å². The molecule has 4 heteroatoms. The lowest BCUT2D eigenvalue weighted by molar-refractivity contribution is 0.490. The van der Waals surface area contributed by atoms with E-state index in [-0.39, 0.29) is 5.04 Å². The fourth-order valence-electron chi connectivity index (χ4n) is 0.986. The predicted octanol–water partition coefficient (Wildman–Crippen LogP) is 5.60. The normalized spacial score (nSPS) is 12.7. The molecule has 0 saturated heterocycles. The molecule has 1 rings (SSSR count). The van der Waals surface area contributed by atoms with Crippen molar-refractivity contribution >= 4 is 40.2 Å². The van der Waals surface area contributed by atoms with Crippen molar-refractivity contribution < 1.29 is 4.43 Å². The van der Waals surface area contributed by atoms with Gasteiger partial charge in [0.05, 0.1) is 4.47 Å². The van der Waals surface area contributed by atoms with E-state index in [1.807, 2.05) is 18.2 Å². The van der Waals surface area contributed by atoms with Gasteiger partial charge >= 0.3 is 0 Å². The molecule has 0 spiro atoms. The van der Waals surface area contributed by atoms with Gasteiger partial charge in [-0.15, -0.1) is 0 Å². The van der Waals surface area contributed by atoms with Gasteiger partial charge in [-0.3, -0.25) is 0 Å². The van der Waals surface area contributed by atoms with E-state index in [1.54, 1.807) is 0 Å². The zero-order chi connectivity index (χ0) is 12.6. The molecule has 0 atom stereocenters. The van der Waals surface area contributed by atoms with Crippen LogP contribution in [0.4, 0.5) is 0 Å². The number of halogens is 2. The van der Waals surface area contributed by atoms with Crippen LogP contribution in [0.3, 0.4) is 0 Å². The SMILES string of the molecule is CC(C)(C)[Si](C)(C)Oc1ccc(Br)cc1Br. The Morgan fingerprint density at radius 3 is 2.12 bits per heavy atom. The number of benzene rings is 1. The third kappa shape index (κ3) is 3.34. The maximum Gasteiger partial charge on any atom is 0.250 e. The van der Waals surface area contributed by atoms with Crippen LogP contribution >= 0.6 is 31.9 Å². The van der Waals surface area contributed by atoms with Gasteiger partial charge in [0.15, 0.2) is 0 Å². The van der Waals surface area contributed by atoms with Crippen molar-refractivity contribution in [2.24, 2.45) is 0 Å². The Balaban J connectivity index is 2.97. The van der Waals surface area contributed by atoms with E-state index in [0.717, 1.165) is 14.7 Å². The van der Waals surface area contributed by atoms with E-state index in [4.69, 9.17) is 4.43 Å². The molecule has 1 nitrogen and oxygen atoms in total. The Bertz CT molecular complexity index is 383. The van der Waals surface area contributed by atoms with Gasteiger partial charge in [0.1, 0.15) is 5.75 Å². The summed E-state index contributed by atoms with van der Waals surface area (Å²) in [6.45, 7) is 11.2. The smallest absolute Gasteiger partial charge is 0.250 e. The molecular weight excluding hydrogens is 348 g/mol. The fourth-order valence-corrected chi connectivity index (χ4v) is 3.30. The van der Waals surface area contributed by atoms with Crippen molar-refractivity contribution in [3.63, 3.8) is 0 Å². The molecule has 0 saturated carbocycles. The highest BCUT2D eigenvalue weighted by Crippen LogP contribution is 2.39. The Morgan fingerprint density at radius 2 is 1.69 bits per heavy atom. The summed E-state index contributed by atoms with van der Waals surface area (Å²) in [5.74, 6) is 0.940. The standard InChI is InChI=1S/C12H18Br2OSi/c1-12(2,3)16(4,5)15-11-7-6-9(13)8-10(11)14/h6-8H,1-5H3. The quantitative estimate of drug-likeness (QED) is 0.620. The molecule has 0 N–H and O–H groups in total. The van der Waals surface area contributed by atoms with Crippen LogP contribution in [0.1, 0.15) is 20.8 Å². The summed E-state index contributed by atoms with van der Waals surface area (Å²) < 4.78 is 8.29. The summed E-state index contributed by atoms with van der Waals surface area (Å²) in [6.07, 6.45) is 0. The van der Waals surface area contributed by atoms with Crippen LogP contribution in [-0.2, 0) is 0 Å². The molecule has 0 aliphatic rings. The molecule has 0 unspecified atom stereocenters. The van der Waals surface area contributed by atoms with Crippen LogP contribution in [0.2, 0.25) is 18.1 Å². The van der Waals surface area contributed by atoms with E-state index < -0.39 is 8.32 Å². The number of hydrogen-bond donors (Lipinski definition) is 0. The first-order chi connectivity index (χ1) is 7.13. The molecule has 0 heterocycles. The van der Waals surface area contributed by atoms with Crippen molar-refractivity contribution in [3.8, 4) is 5.75 Å². The average molecular weight is 366 g/mol. The van der Waals surface area contributed by atoms with Crippen molar-refractivity contribution in [2.45, 2.75) is 38.9 Å². The fraction of sp³-hybridized carbons (Fsp3) is 0.500. The molecule has 0 bridgehead atoms. The van der Waals surface area contributed by atoms with Gasteiger partial charge in [0.25, 0.3) is 8.32 Å². The highest BCUT2D eigenvalue weighted by Gasteiger charge is 2.39. The first-order valence-corrected chi connectivity index (χ1v) is 9.77. The van der Waals surface area contributed by atoms with Gasteiger partial charge in [0, 0.05) is 4.47 Å². The zero-order valence-corrected chi connectivity index (χ0v) is 14.6. The number of rotatable bonds is 2. The largest absolute Gasteiger partial charge is 0.543 e. The lowest BCUT2D eigenvalue weighted by Gasteiger charge is -2.36. The molecule has 0 amide bonds. The van der Waals surface area contributed by atoms with E-state index in [2.05, 4.69) is 65.7 Å². The molecule has 0 radical (unpaired) electrons. The Morgan fingerprint density at radius 1 is 1.12 bits per heavy atom. The van der Waals surface area contributed by atoms with E-state index in [9.17, 15) is 0 Å². The van der Waals surface area contributed by atoms with E-state index in [1.165, 1.54) is 0 Å². The topological polar surface area (TPSA) is 9.23 Å². The lowest BCUT2D eigenvalue weighted by Crippen LogP contribution is -2.43. The summed E-state index contributed by atoms with van der Waals surface area (Å²) in [6, 6.07) is 6.03. The van der Waals surface area contributed by atoms with E-state index >= 15 is 0 Å². The van der Waals surface area contributed by atoms with Crippen LogP contribution in [-0.4, -0.2) is 8.32 Å². The molecule has 0 aromatic heterocycles. The summed E-state index contributed by atoms with van der Waals surface area (Å²) in [5, 5.41) is 0.222. The first-order valence-electron chi connectivity index (χ1n) is 5.27.